The van der Waals surface area contributed by atoms with Crippen molar-refractivity contribution in [1.82, 2.24) is 30.0 Å². The molecule has 4 heterocycles. The van der Waals surface area contributed by atoms with E-state index in [-0.39, 0.29) is 6.09 Å². The van der Waals surface area contributed by atoms with Crippen molar-refractivity contribution in [1.29, 1.82) is 0 Å². The number of carbonyl (C=O) groups excluding carboxylic acids is 1. The van der Waals surface area contributed by atoms with Crippen LogP contribution in [0, 0.1) is 13.8 Å². The van der Waals surface area contributed by atoms with Gasteiger partial charge in [-0.15, -0.1) is 0 Å². The Hall–Kier alpha value is -3.49. The van der Waals surface area contributed by atoms with Crippen molar-refractivity contribution in [2.24, 2.45) is 0 Å². The third kappa shape index (κ3) is 5.85. The normalized spacial score (nSPS) is 14.5. The first kappa shape index (κ1) is 22.7. The lowest BCUT2D eigenvalue weighted by Gasteiger charge is -2.36. The highest BCUT2D eigenvalue weighted by Crippen LogP contribution is 2.21. The summed E-state index contributed by atoms with van der Waals surface area (Å²) in [6, 6.07) is 8.00. The molecule has 0 saturated carbocycles. The first-order chi connectivity index (χ1) is 15.7. The van der Waals surface area contributed by atoms with Crippen molar-refractivity contribution in [3.8, 4) is 11.4 Å². The topological polar surface area (TPSA) is 100 Å². The molecule has 9 heteroatoms. The molecule has 1 aliphatic rings. The highest BCUT2D eigenvalue weighted by Gasteiger charge is 2.26. The number of anilines is 1. The van der Waals surface area contributed by atoms with Crippen LogP contribution in [-0.4, -0.2) is 67.9 Å². The monoisotopic (exact) mass is 449 g/mol. The van der Waals surface area contributed by atoms with Gasteiger partial charge >= 0.3 is 6.09 Å². The summed E-state index contributed by atoms with van der Waals surface area (Å²) in [5.74, 6) is 1.54. The molecule has 0 bridgehead atoms. The highest BCUT2D eigenvalue weighted by molar-refractivity contribution is 5.68. The Morgan fingerprint density at radius 1 is 1.06 bits per heavy atom. The van der Waals surface area contributed by atoms with Crippen LogP contribution in [0.5, 0.6) is 0 Å². The summed E-state index contributed by atoms with van der Waals surface area (Å²) in [4.78, 5) is 30.2. The number of hydrogen-bond acceptors (Lipinski definition) is 7. The van der Waals surface area contributed by atoms with Crippen molar-refractivity contribution in [3.63, 3.8) is 0 Å². The number of carbonyl (C=O) groups is 1. The zero-order chi connectivity index (χ0) is 23.6. The minimum absolute atomic E-state index is 0.261. The van der Waals surface area contributed by atoms with Gasteiger partial charge in [0.1, 0.15) is 11.4 Å². The fourth-order valence-electron chi connectivity index (χ4n) is 3.75. The number of aromatic amines is 1. The van der Waals surface area contributed by atoms with Gasteiger partial charge < -0.3 is 14.5 Å². The lowest BCUT2D eigenvalue weighted by molar-refractivity contribution is 0.0240. The molecular weight excluding hydrogens is 418 g/mol. The largest absolute Gasteiger partial charge is 0.444 e. The molecule has 3 aromatic heterocycles. The summed E-state index contributed by atoms with van der Waals surface area (Å²) in [5, 5.41) is 7.27. The Labute approximate surface area is 194 Å². The van der Waals surface area contributed by atoms with Crippen molar-refractivity contribution in [3.05, 3.63) is 53.2 Å². The van der Waals surface area contributed by atoms with E-state index in [1.165, 1.54) is 0 Å². The molecule has 0 aromatic carbocycles. The van der Waals surface area contributed by atoms with Gasteiger partial charge in [-0.05, 0) is 58.9 Å². The lowest BCUT2D eigenvalue weighted by Crippen LogP contribution is -2.50. The third-order valence-electron chi connectivity index (χ3n) is 5.29. The van der Waals surface area contributed by atoms with Gasteiger partial charge in [0.05, 0.1) is 11.4 Å². The van der Waals surface area contributed by atoms with Gasteiger partial charge in [-0.25, -0.2) is 19.7 Å². The second-order valence-electron chi connectivity index (χ2n) is 9.40. The summed E-state index contributed by atoms with van der Waals surface area (Å²) in [5.41, 5.74) is 4.20. The predicted octanol–water partition coefficient (Wildman–Crippen LogP) is 3.53. The van der Waals surface area contributed by atoms with Crippen molar-refractivity contribution in [2.75, 3.05) is 31.1 Å². The van der Waals surface area contributed by atoms with Crippen LogP contribution in [0.4, 0.5) is 10.6 Å². The molecular formula is C24H31N7O2. The zero-order valence-corrected chi connectivity index (χ0v) is 19.9. The number of amides is 1. The Kier molecular flexibility index (Phi) is 6.31. The van der Waals surface area contributed by atoms with E-state index in [9.17, 15) is 4.79 Å². The van der Waals surface area contributed by atoms with E-state index in [0.717, 1.165) is 34.2 Å². The minimum Gasteiger partial charge on any atom is -0.444 e. The Bertz CT molecular complexity index is 1110. The molecule has 1 aliphatic heterocycles. The van der Waals surface area contributed by atoms with Crippen LogP contribution >= 0.6 is 0 Å². The van der Waals surface area contributed by atoms with Crippen molar-refractivity contribution >= 4 is 11.9 Å². The summed E-state index contributed by atoms with van der Waals surface area (Å²) < 4.78 is 5.47. The molecule has 1 fully saturated rings. The van der Waals surface area contributed by atoms with E-state index >= 15 is 0 Å². The number of nitrogens with one attached hydrogen (secondary N) is 1. The molecule has 0 spiro atoms. The van der Waals surface area contributed by atoms with E-state index in [1.807, 2.05) is 65.1 Å². The number of piperazine rings is 1. The molecule has 3 aromatic rings. The molecule has 0 aliphatic carbocycles. The Morgan fingerprint density at radius 2 is 1.82 bits per heavy atom. The molecule has 0 unspecified atom stereocenters. The summed E-state index contributed by atoms with van der Waals surface area (Å²) in [6.45, 7) is 12.2. The lowest BCUT2D eigenvalue weighted by atomic mass is 10.2. The average Bonchev–Trinajstić information content (AvgIpc) is 3.17. The number of aromatic nitrogens is 5. The quantitative estimate of drug-likeness (QED) is 0.650. The SMILES string of the molecule is Cc1cc(Cc2cc(C)[nH]n2)nc(-c2ccc(N3CCN(C(=O)OC(C)(C)C)CC3)nc2)n1. The maximum absolute atomic E-state index is 12.3. The molecule has 4 rings (SSSR count). The number of pyridine rings is 1. The Morgan fingerprint density at radius 3 is 2.42 bits per heavy atom. The van der Waals surface area contributed by atoms with Gasteiger partial charge in [0.15, 0.2) is 5.82 Å². The van der Waals surface area contributed by atoms with E-state index in [2.05, 4.69) is 25.1 Å². The average molecular weight is 450 g/mol. The van der Waals surface area contributed by atoms with Crippen molar-refractivity contribution in [2.45, 2.75) is 46.6 Å². The van der Waals surface area contributed by atoms with Crippen LogP contribution in [0.15, 0.2) is 30.5 Å². The molecule has 0 radical (unpaired) electrons. The minimum atomic E-state index is -0.486. The zero-order valence-electron chi connectivity index (χ0n) is 19.9. The molecule has 0 atom stereocenters. The number of aryl methyl sites for hydroxylation is 2. The molecule has 9 nitrogen and oxygen atoms in total. The van der Waals surface area contributed by atoms with Crippen LogP contribution in [0.2, 0.25) is 0 Å². The predicted molar refractivity (Wildman–Crippen MR) is 126 cm³/mol. The maximum atomic E-state index is 12.3. The molecule has 1 N–H and O–H groups in total. The number of nitrogens with zero attached hydrogens (tertiary/aromatic N) is 6. The molecule has 33 heavy (non-hydrogen) atoms. The summed E-state index contributed by atoms with van der Waals surface area (Å²) >= 11 is 0. The summed E-state index contributed by atoms with van der Waals surface area (Å²) in [6.07, 6.45) is 2.20. The number of H-pyrrole nitrogens is 1. The Balaban J connectivity index is 1.41. The van der Waals surface area contributed by atoms with Gasteiger partial charge in [0.2, 0.25) is 0 Å². The van der Waals surface area contributed by atoms with Crippen LogP contribution < -0.4 is 4.90 Å². The third-order valence-corrected chi connectivity index (χ3v) is 5.29. The van der Waals surface area contributed by atoms with Gasteiger partial charge in [-0.1, -0.05) is 0 Å². The standard InChI is InChI=1S/C24H31N7O2/c1-16-12-19(14-20-13-17(2)28-29-20)27-22(26-16)18-6-7-21(25-15-18)30-8-10-31(11-9-30)23(32)33-24(3,4)5/h6-7,12-13,15H,8-11,14H2,1-5H3,(H,28,29). The first-order valence-electron chi connectivity index (χ1n) is 11.2. The second-order valence-corrected chi connectivity index (χ2v) is 9.40. The second kappa shape index (κ2) is 9.17. The number of ether oxygens (including phenoxy) is 1. The maximum Gasteiger partial charge on any atom is 0.410 e. The van der Waals surface area contributed by atoms with E-state index in [0.29, 0.717) is 38.4 Å². The number of rotatable bonds is 4. The summed E-state index contributed by atoms with van der Waals surface area (Å²) in [7, 11) is 0. The first-order valence-corrected chi connectivity index (χ1v) is 11.2. The van der Waals surface area contributed by atoms with E-state index < -0.39 is 5.60 Å². The molecule has 1 amide bonds. The van der Waals surface area contributed by atoms with Crippen molar-refractivity contribution < 1.29 is 9.53 Å². The van der Waals surface area contributed by atoms with E-state index in [4.69, 9.17) is 9.72 Å². The van der Waals surface area contributed by atoms with Crippen LogP contribution in [0.1, 0.15) is 43.5 Å². The fraction of sp³-hybridized carbons (Fsp3) is 0.458. The molecule has 174 valence electrons. The van der Waals surface area contributed by atoms with Gasteiger partial charge in [-0.2, -0.15) is 5.10 Å². The van der Waals surface area contributed by atoms with Gasteiger partial charge in [0, 0.05) is 55.7 Å². The van der Waals surface area contributed by atoms with Crippen LogP contribution in [0.25, 0.3) is 11.4 Å². The van der Waals surface area contributed by atoms with Crippen LogP contribution in [-0.2, 0) is 11.2 Å². The fourth-order valence-corrected chi connectivity index (χ4v) is 3.75. The number of hydrogen-bond donors (Lipinski definition) is 1. The highest BCUT2D eigenvalue weighted by atomic mass is 16.6. The van der Waals surface area contributed by atoms with Crippen LogP contribution in [0.3, 0.4) is 0 Å². The smallest absolute Gasteiger partial charge is 0.410 e. The van der Waals surface area contributed by atoms with Gasteiger partial charge in [-0.3, -0.25) is 5.10 Å². The van der Waals surface area contributed by atoms with Gasteiger partial charge in [0.25, 0.3) is 0 Å². The van der Waals surface area contributed by atoms with E-state index in [1.54, 1.807) is 4.90 Å². The molecule has 1 saturated heterocycles.